The molecule has 0 aromatic carbocycles. The Labute approximate surface area is 99.8 Å². The lowest BCUT2D eigenvalue weighted by molar-refractivity contribution is 0.159. The highest BCUT2D eigenvalue weighted by Gasteiger charge is 2.19. The maximum absolute atomic E-state index is 5.09. The summed E-state index contributed by atoms with van der Waals surface area (Å²) in [5.41, 5.74) is 0. The molecule has 0 aromatic heterocycles. The molecule has 1 rings (SSSR count). The summed E-state index contributed by atoms with van der Waals surface area (Å²) in [5.74, 6) is 0. The Kier molecular flexibility index (Phi) is 6.50. The molecule has 0 amide bonds. The Morgan fingerprint density at radius 2 is 2.12 bits per heavy atom. The van der Waals surface area contributed by atoms with Crippen LogP contribution >= 0.6 is 0 Å². The average molecular weight is 226 g/mol. The first-order chi connectivity index (χ1) is 7.74. The predicted molar refractivity (Wildman–Crippen MR) is 68.5 cm³/mol. The molecule has 0 spiro atoms. The summed E-state index contributed by atoms with van der Waals surface area (Å²) in [6, 6.07) is 1.40. The molecular formula is C13H26N2O. The Morgan fingerprint density at radius 3 is 2.69 bits per heavy atom. The van der Waals surface area contributed by atoms with Crippen molar-refractivity contribution < 1.29 is 4.74 Å². The largest absolute Gasteiger partial charge is 0.502 e. The maximum atomic E-state index is 5.09. The third-order valence-electron chi connectivity index (χ3n) is 3.25. The Morgan fingerprint density at radius 1 is 1.44 bits per heavy atom. The highest BCUT2D eigenvalue weighted by atomic mass is 16.5. The summed E-state index contributed by atoms with van der Waals surface area (Å²) < 4.78 is 5.09. The second kappa shape index (κ2) is 7.69. The van der Waals surface area contributed by atoms with E-state index in [1.54, 1.807) is 0 Å². The van der Waals surface area contributed by atoms with Gasteiger partial charge in [0, 0.05) is 12.1 Å². The molecule has 0 bridgehead atoms. The smallest absolute Gasteiger partial charge is 0.0885 e. The van der Waals surface area contributed by atoms with E-state index in [9.17, 15) is 0 Å². The van der Waals surface area contributed by atoms with Crippen molar-refractivity contribution in [2.45, 2.75) is 45.2 Å². The fraction of sp³-hybridized carbons (Fsp3) is 0.846. The number of hydrogen-bond donors (Lipinski definition) is 1. The summed E-state index contributed by atoms with van der Waals surface area (Å²) in [5, 5.41) is 3.60. The first kappa shape index (κ1) is 13.5. The van der Waals surface area contributed by atoms with Crippen LogP contribution in [0, 0.1) is 0 Å². The quantitative estimate of drug-likeness (QED) is 0.531. The van der Waals surface area contributed by atoms with Gasteiger partial charge in [-0.15, -0.1) is 0 Å². The number of piperidine rings is 1. The van der Waals surface area contributed by atoms with Crippen molar-refractivity contribution in [2.75, 3.05) is 26.2 Å². The molecule has 16 heavy (non-hydrogen) atoms. The molecule has 0 aliphatic carbocycles. The van der Waals surface area contributed by atoms with Crippen LogP contribution in [0.15, 0.2) is 12.8 Å². The van der Waals surface area contributed by atoms with Gasteiger partial charge < -0.3 is 15.0 Å². The lowest BCUT2D eigenvalue weighted by atomic mass is 10.0. The number of rotatable bonds is 7. The van der Waals surface area contributed by atoms with Gasteiger partial charge in [0.15, 0.2) is 0 Å². The maximum Gasteiger partial charge on any atom is 0.0885 e. The van der Waals surface area contributed by atoms with Crippen molar-refractivity contribution in [1.82, 2.24) is 10.2 Å². The van der Waals surface area contributed by atoms with E-state index in [0.29, 0.717) is 12.1 Å². The normalized spacial score (nSPS) is 18.9. The van der Waals surface area contributed by atoms with E-state index in [0.717, 1.165) is 19.6 Å². The zero-order valence-corrected chi connectivity index (χ0v) is 10.7. The molecule has 3 heteroatoms. The molecule has 94 valence electrons. The molecule has 0 atom stereocenters. The predicted octanol–water partition coefficient (Wildman–Crippen LogP) is 2.00. The van der Waals surface area contributed by atoms with Gasteiger partial charge in [-0.05, 0) is 52.7 Å². The van der Waals surface area contributed by atoms with Gasteiger partial charge in [-0.2, -0.15) is 0 Å². The molecule has 3 nitrogen and oxygen atoms in total. The summed E-state index contributed by atoms with van der Waals surface area (Å²) in [6.07, 6.45) is 5.14. The van der Waals surface area contributed by atoms with Crippen molar-refractivity contribution in [2.24, 2.45) is 0 Å². The third kappa shape index (κ3) is 4.99. The minimum atomic E-state index is 0.696. The van der Waals surface area contributed by atoms with Gasteiger partial charge in [0.05, 0.1) is 12.9 Å². The molecule has 1 aliphatic rings. The van der Waals surface area contributed by atoms with E-state index in [1.165, 1.54) is 32.2 Å². The second-order valence-corrected chi connectivity index (χ2v) is 4.75. The van der Waals surface area contributed by atoms with Crippen LogP contribution in [0.2, 0.25) is 0 Å². The number of hydrogen-bond acceptors (Lipinski definition) is 3. The van der Waals surface area contributed by atoms with Gasteiger partial charge in [0.25, 0.3) is 0 Å². The summed E-state index contributed by atoms with van der Waals surface area (Å²) in [4.78, 5) is 2.55. The number of likely N-dealkylation sites (tertiary alicyclic amines) is 1. The van der Waals surface area contributed by atoms with Gasteiger partial charge in [-0.1, -0.05) is 6.58 Å². The van der Waals surface area contributed by atoms with Gasteiger partial charge in [0.1, 0.15) is 0 Å². The average Bonchev–Trinajstić information content (AvgIpc) is 2.29. The highest BCUT2D eigenvalue weighted by Crippen LogP contribution is 2.12. The van der Waals surface area contributed by atoms with Crippen molar-refractivity contribution in [3.8, 4) is 0 Å². The molecule has 1 saturated heterocycles. The molecule has 0 aromatic rings. The van der Waals surface area contributed by atoms with E-state index >= 15 is 0 Å². The monoisotopic (exact) mass is 226 g/mol. The SMILES string of the molecule is C=COCCCNC1CCN(C(C)C)CC1. The molecule has 1 aliphatic heterocycles. The van der Waals surface area contributed by atoms with Crippen LogP contribution in [0.3, 0.4) is 0 Å². The number of nitrogens with zero attached hydrogens (tertiary/aromatic N) is 1. The molecule has 0 radical (unpaired) electrons. The molecule has 1 fully saturated rings. The zero-order chi connectivity index (χ0) is 11.8. The first-order valence-corrected chi connectivity index (χ1v) is 6.44. The van der Waals surface area contributed by atoms with Crippen LogP contribution in [0.4, 0.5) is 0 Å². The number of nitrogens with one attached hydrogen (secondary N) is 1. The molecule has 0 unspecified atom stereocenters. The van der Waals surface area contributed by atoms with Gasteiger partial charge in [-0.3, -0.25) is 0 Å². The Hall–Kier alpha value is -0.540. The molecule has 1 N–H and O–H groups in total. The molecule has 0 saturated carbocycles. The van der Waals surface area contributed by atoms with Crippen LogP contribution in [-0.2, 0) is 4.74 Å². The van der Waals surface area contributed by atoms with Crippen molar-refractivity contribution in [3.63, 3.8) is 0 Å². The zero-order valence-electron chi connectivity index (χ0n) is 10.7. The van der Waals surface area contributed by atoms with Crippen LogP contribution < -0.4 is 5.32 Å². The van der Waals surface area contributed by atoms with E-state index in [4.69, 9.17) is 4.74 Å². The van der Waals surface area contributed by atoms with Crippen LogP contribution in [0.5, 0.6) is 0 Å². The minimum Gasteiger partial charge on any atom is -0.502 e. The lowest BCUT2D eigenvalue weighted by Gasteiger charge is -2.35. The minimum absolute atomic E-state index is 0.696. The topological polar surface area (TPSA) is 24.5 Å². The van der Waals surface area contributed by atoms with Gasteiger partial charge in [0.2, 0.25) is 0 Å². The van der Waals surface area contributed by atoms with Crippen molar-refractivity contribution in [3.05, 3.63) is 12.8 Å². The third-order valence-corrected chi connectivity index (χ3v) is 3.25. The van der Waals surface area contributed by atoms with Gasteiger partial charge >= 0.3 is 0 Å². The second-order valence-electron chi connectivity index (χ2n) is 4.75. The van der Waals surface area contributed by atoms with E-state index in [-0.39, 0.29) is 0 Å². The summed E-state index contributed by atoms with van der Waals surface area (Å²) in [6.45, 7) is 12.4. The van der Waals surface area contributed by atoms with Crippen LogP contribution in [0.1, 0.15) is 33.1 Å². The Balaban J connectivity index is 2.01. The van der Waals surface area contributed by atoms with E-state index in [1.807, 2.05) is 0 Å². The summed E-state index contributed by atoms with van der Waals surface area (Å²) >= 11 is 0. The summed E-state index contributed by atoms with van der Waals surface area (Å²) in [7, 11) is 0. The first-order valence-electron chi connectivity index (χ1n) is 6.44. The fourth-order valence-electron chi connectivity index (χ4n) is 2.17. The highest BCUT2D eigenvalue weighted by molar-refractivity contribution is 4.78. The van der Waals surface area contributed by atoms with Crippen LogP contribution in [0.25, 0.3) is 0 Å². The molecular weight excluding hydrogens is 200 g/mol. The standard InChI is InChI=1S/C13H26N2O/c1-4-16-11-5-8-14-13-6-9-15(10-7-13)12(2)3/h4,12-14H,1,5-11H2,2-3H3. The molecule has 1 heterocycles. The Bertz CT molecular complexity index is 186. The van der Waals surface area contributed by atoms with Gasteiger partial charge in [-0.25, -0.2) is 0 Å². The van der Waals surface area contributed by atoms with Crippen LogP contribution in [-0.4, -0.2) is 43.2 Å². The van der Waals surface area contributed by atoms with E-state index < -0.39 is 0 Å². The van der Waals surface area contributed by atoms with Crippen molar-refractivity contribution >= 4 is 0 Å². The number of ether oxygens (including phenoxy) is 1. The van der Waals surface area contributed by atoms with Crippen molar-refractivity contribution in [1.29, 1.82) is 0 Å². The van der Waals surface area contributed by atoms with E-state index in [2.05, 4.69) is 30.6 Å². The lowest BCUT2D eigenvalue weighted by Crippen LogP contribution is -2.45. The fourth-order valence-corrected chi connectivity index (χ4v) is 2.17.